The van der Waals surface area contributed by atoms with Crippen molar-refractivity contribution >= 4 is 8.80 Å². The van der Waals surface area contributed by atoms with E-state index in [1.807, 2.05) is 20.8 Å². The minimum Gasteiger partial charge on any atom is -0.374 e. The summed E-state index contributed by atoms with van der Waals surface area (Å²) >= 11 is 0. The van der Waals surface area contributed by atoms with Gasteiger partial charge < -0.3 is 18.0 Å². The highest BCUT2D eigenvalue weighted by molar-refractivity contribution is 6.62. The van der Waals surface area contributed by atoms with Crippen LogP contribution >= 0.6 is 0 Å². The molecule has 1 saturated heterocycles. The third-order valence-electron chi connectivity index (χ3n) is 5.35. The first-order valence-corrected chi connectivity index (χ1v) is 11.0. The van der Waals surface area contributed by atoms with E-state index in [0.29, 0.717) is 49.4 Å². The van der Waals surface area contributed by atoms with E-state index in [0.717, 1.165) is 6.42 Å². The van der Waals surface area contributed by atoms with E-state index in [1.165, 1.54) is 19.3 Å². The number of rotatable bonds is 10. The minimum atomic E-state index is -2.62. The zero-order valence-corrected chi connectivity index (χ0v) is 16.0. The van der Waals surface area contributed by atoms with Crippen LogP contribution in [0, 0.1) is 11.8 Å². The molecule has 4 nitrogen and oxygen atoms in total. The quantitative estimate of drug-likeness (QED) is 0.448. The molecule has 1 aliphatic heterocycles. The second kappa shape index (κ2) is 8.24. The van der Waals surface area contributed by atoms with Gasteiger partial charge in [-0.2, -0.15) is 0 Å². The maximum Gasteiger partial charge on any atom is 0.504 e. The molecule has 0 aromatic carbocycles. The van der Waals surface area contributed by atoms with Gasteiger partial charge in [0.05, 0.1) is 12.2 Å². The average Bonchev–Trinajstić information content (AvgIpc) is 3.27. The van der Waals surface area contributed by atoms with Crippen molar-refractivity contribution in [1.29, 1.82) is 0 Å². The molecule has 5 unspecified atom stereocenters. The lowest BCUT2D eigenvalue weighted by Crippen LogP contribution is -2.53. The number of epoxide rings is 1. The molecular formula is C17H34O4Si. The smallest absolute Gasteiger partial charge is 0.374 e. The lowest BCUT2D eigenvalue weighted by molar-refractivity contribution is 0.0475. The number of hydrogen-bond donors (Lipinski definition) is 0. The summed E-state index contributed by atoms with van der Waals surface area (Å²) in [5.41, 5.74) is 0.382. The number of fused-ring (bicyclic) bond motifs is 1. The van der Waals surface area contributed by atoms with Crippen molar-refractivity contribution in [3.8, 4) is 0 Å². The Bertz CT molecular complexity index is 322. The van der Waals surface area contributed by atoms with Crippen LogP contribution in [0.3, 0.4) is 0 Å². The highest BCUT2D eigenvalue weighted by Gasteiger charge is 2.54. The average molecular weight is 331 g/mol. The maximum absolute atomic E-state index is 6.18. The Morgan fingerprint density at radius 2 is 1.55 bits per heavy atom. The van der Waals surface area contributed by atoms with Crippen LogP contribution in [0.25, 0.3) is 0 Å². The van der Waals surface area contributed by atoms with Gasteiger partial charge in [-0.15, -0.1) is 0 Å². The third kappa shape index (κ3) is 3.93. The van der Waals surface area contributed by atoms with Crippen LogP contribution in [-0.4, -0.2) is 40.8 Å². The van der Waals surface area contributed by atoms with Crippen LogP contribution < -0.4 is 0 Å². The molecule has 0 amide bonds. The van der Waals surface area contributed by atoms with Gasteiger partial charge in [0.2, 0.25) is 0 Å². The number of ether oxygens (including phenoxy) is 1. The Morgan fingerprint density at radius 1 is 0.955 bits per heavy atom. The van der Waals surface area contributed by atoms with Gasteiger partial charge in [0.1, 0.15) is 0 Å². The molecule has 0 aromatic heterocycles. The van der Waals surface area contributed by atoms with E-state index in [2.05, 4.69) is 13.8 Å². The van der Waals surface area contributed by atoms with Crippen LogP contribution in [0.15, 0.2) is 0 Å². The summed E-state index contributed by atoms with van der Waals surface area (Å²) in [6.07, 6.45) is 5.85. The van der Waals surface area contributed by atoms with Crippen LogP contribution in [0.1, 0.15) is 60.3 Å². The van der Waals surface area contributed by atoms with E-state index < -0.39 is 8.80 Å². The van der Waals surface area contributed by atoms with E-state index in [9.17, 15) is 0 Å². The SMILES string of the molecule is CCO[Si](OCC)(OCC)C(CC)C(C)C1CCC2OC2C1. The summed E-state index contributed by atoms with van der Waals surface area (Å²) in [5, 5.41) is 0. The topological polar surface area (TPSA) is 40.2 Å². The van der Waals surface area contributed by atoms with Gasteiger partial charge in [-0.3, -0.25) is 0 Å². The van der Waals surface area contributed by atoms with Crippen LogP contribution in [0.5, 0.6) is 0 Å². The summed E-state index contributed by atoms with van der Waals surface area (Å²) < 4.78 is 24.2. The van der Waals surface area contributed by atoms with Crippen molar-refractivity contribution in [2.75, 3.05) is 19.8 Å². The van der Waals surface area contributed by atoms with Crippen molar-refractivity contribution in [3.05, 3.63) is 0 Å². The fraction of sp³-hybridized carbons (Fsp3) is 1.00. The molecule has 1 saturated carbocycles. The van der Waals surface area contributed by atoms with Crippen molar-refractivity contribution in [1.82, 2.24) is 0 Å². The standard InChI is InChI=1S/C17H34O4Si/c1-6-17(22(18-7-2,19-8-3)20-9-4)13(5)14-10-11-15-16(12-14)21-15/h13-17H,6-12H2,1-5H3. The Balaban J connectivity index is 2.12. The van der Waals surface area contributed by atoms with Crippen molar-refractivity contribution < 1.29 is 18.0 Å². The van der Waals surface area contributed by atoms with Crippen LogP contribution in [-0.2, 0) is 18.0 Å². The summed E-state index contributed by atoms with van der Waals surface area (Å²) in [6.45, 7) is 12.7. The van der Waals surface area contributed by atoms with Gasteiger partial charge in [0.25, 0.3) is 0 Å². The predicted octanol–water partition coefficient (Wildman–Crippen LogP) is 4.02. The minimum absolute atomic E-state index is 0.382. The lowest BCUT2D eigenvalue weighted by Gasteiger charge is -2.41. The van der Waals surface area contributed by atoms with E-state index in [4.69, 9.17) is 18.0 Å². The van der Waals surface area contributed by atoms with Crippen molar-refractivity contribution in [2.45, 2.75) is 78.1 Å². The molecule has 0 radical (unpaired) electrons. The van der Waals surface area contributed by atoms with Gasteiger partial charge in [0, 0.05) is 25.4 Å². The number of hydrogen-bond acceptors (Lipinski definition) is 4. The highest BCUT2D eigenvalue weighted by atomic mass is 28.4. The molecule has 0 N–H and O–H groups in total. The summed E-state index contributed by atoms with van der Waals surface area (Å²) in [4.78, 5) is 0. The van der Waals surface area contributed by atoms with Gasteiger partial charge in [-0.05, 0) is 58.3 Å². The van der Waals surface area contributed by atoms with Gasteiger partial charge in [-0.25, -0.2) is 0 Å². The Morgan fingerprint density at radius 3 is 2.00 bits per heavy atom. The fourth-order valence-electron chi connectivity index (χ4n) is 4.23. The largest absolute Gasteiger partial charge is 0.504 e. The van der Waals surface area contributed by atoms with Gasteiger partial charge in [-0.1, -0.05) is 13.8 Å². The molecule has 5 atom stereocenters. The summed E-state index contributed by atoms with van der Waals surface area (Å²) in [7, 11) is -2.62. The molecule has 5 heteroatoms. The first-order valence-electron chi connectivity index (χ1n) is 9.19. The highest BCUT2D eigenvalue weighted by Crippen LogP contribution is 2.48. The molecule has 1 aliphatic carbocycles. The third-order valence-corrected chi connectivity index (χ3v) is 9.27. The molecular weight excluding hydrogens is 296 g/mol. The first-order chi connectivity index (χ1) is 10.6. The zero-order chi connectivity index (χ0) is 16.2. The Labute approximate surface area is 137 Å². The van der Waals surface area contributed by atoms with Crippen molar-refractivity contribution in [3.63, 3.8) is 0 Å². The lowest BCUT2D eigenvalue weighted by atomic mass is 9.79. The molecule has 0 spiro atoms. The van der Waals surface area contributed by atoms with Crippen molar-refractivity contribution in [2.24, 2.45) is 11.8 Å². The van der Waals surface area contributed by atoms with Gasteiger partial charge >= 0.3 is 8.80 Å². The molecule has 2 rings (SSSR count). The second-order valence-corrected chi connectivity index (χ2v) is 9.38. The van der Waals surface area contributed by atoms with E-state index in [1.54, 1.807) is 0 Å². The molecule has 130 valence electrons. The molecule has 0 bridgehead atoms. The second-order valence-electron chi connectivity index (χ2n) is 6.56. The molecule has 2 aliphatic rings. The van der Waals surface area contributed by atoms with Crippen LogP contribution in [0.2, 0.25) is 5.54 Å². The van der Waals surface area contributed by atoms with E-state index >= 15 is 0 Å². The monoisotopic (exact) mass is 330 g/mol. The summed E-state index contributed by atoms with van der Waals surface area (Å²) in [5.74, 6) is 1.27. The zero-order valence-electron chi connectivity index (χ0n) is 15.0. The van der Waals surface area contributed by atoms with Crippen LogP contribution in [0.4, 0.5) is 0 Å². The molecule has 2 fully saturated rings. The normalized spacial score (nSPS) is 30.7. The Kier molecular flexibility index (Phi) is 6.89. The fourth-order valence-corrected chi connectivity index (χ4v) is 7.75. The predicted molar refractivity (Wildman–Crippen MR) is 89.8 cm³/mol. The first kappa shape index (κ1) is 18.4. The molecule has 0 aromatic rings. The maximum atomic E-state index is 6.18. The molecule has 1 heterocycles. The molecule has 22 heavy (non-hydrogen) atoms. The van der Waals surface area contributed by atoms with E-state index in [-0.39, 0.29) is 0 Å². The van der Waals surface area contributed by atoms with Gasteiger partial charge in [0.15, 0.2) is 0 Å². The summed E-state index contributed by atoms with van der Waals surface area (Å²) in [6, 6.07) is 0. The Hall–Kier alpha value is 0.0569.